The largest absolute Gasteiger partial charge is 0.346 e. The lowest BCUT2D eigenvalue weighted by atomic mass is 10.0. The van der Waals surface area contributed by atoms with Crippen LogP contribution in [0.15, 0.2) is 28.7 Å². The van der Waals surface area contributed by atoms with Crippen molar-refractivity contribution in [2.75, 3.05) is 11.9 Å². The Morgan fingerprint density at radius 2 is 2.11 bits per heavy atom. The van der Waals surface area contributed by atoms with E-state index in [9.17, 15) is 0 Å². The second-order valence-electron chi connectivity index (χ2n) is 4.69. The third kappa shape index (κ3) is 3.45. The van der Waals surface area contributed by atoms with Crippen molar-refractivity contribution in [1.82, 2.24) is 4.90 Å². The maximum Gasteiger partial charge on any atom is 0.173 e. The van der Waals surface area contributed by atoms with Gasteiger partial charge in [0, 0.05) is 22.7 Å². The minimum atomic E-state index is 0.606. The van der Waals surface area contributed by atoms with Crippen molar-refractivity contribution in [2.24, 2.45) is 0 Å². The minimum absolute atomic E-state index is 0.606. The van der Waals surface area contributed by atoms with Crippen LogP contribution in [-0.2, 0) is 0 Å². The number of halogens is 1. The molecule has 1 saturated heterocycles. The average molecular weight is 327 g/mol. The van der Waals surface area contributed by atoms with Crippen LogP contribution in [0.3, 0.4) is 0 Å². The summed E-state index contributed by atoms with van der Waals surface area (Å²) in [6, 6.07) is 8.74. The van der Waals surface area contributed by atoms with Gasteiger partial charge >= 0.3 is 0 Å². The highest BCUT2D eigenvalue weighted by Gasteiger charge is 2.22. The first kappa shape index (κ1) is 13.8. The molecular formula is C14H19BrN2S. The second-order valence-corrected chi connectivity index (χ2v) is 5.99. The molecular weight excluding hydrogens is 308 g/mol. The first-order valence-corrected chi connectivity index (χ1v) is 7.74. The van der Waals surface area contributed by atoms with E-state index in [0.29, 0.717) is 6.04 Å². The lowest BCUT2D eigenvalue weighted by Gasteiger charge is -2.37. The molecule has 1 fully saturated rings. The average Bonchev–Trinajstić information content (AvgIpc) is 2.41. The molecule has 0 aliphatic carbocycles. The lowest BCUT2D eigenvalue weighted by molar-refractivity contribution is 0.239. The van der Waals surface area contributed by atoms with E-state index in [4.69, 9.17) is 12.2 Å². The molecule has 1 aliphatic rings. The molecule has 0 saturated carbocycles. The number of rotatable bonds is 2. The highest BCUT2D eigenvalue weighted by atomic mass is 79.9. The van der Waals surface area contributed by atoms with E-state index in [1.807, 2.05) is 24.3 Å². The normalized spacial score (nSPS) is 19.7. The summed E-state index contributed by atoms with van der Waals surface area (Å²) in [6.07, 6.45) is 5.01. The van der Waals surface area contributed by atoms with Gasteiger partial charge in [0.1, 0.15) is 0 Å². The van der Waals surface area contributed by atoms with Gasteiger partial charge in [-0.15, -0.1) is 0 Å². The number of benzene rings is 1. The number of thiocarbonyl (C=S) groups is 1. The first-order valence-electron chi connectivity index (χ1n) is 6.54. The summed E-state index contributed by atoms with van der Waals surface area (Å²) in [5.41, 5.74) is 1.06. The minimum Gasteiger partial charge on any atom is -0.346 e. The molecule has 0 bridgehead atoms. The molecule has 0 amide bonds. The van der Waals surface area contributed by atoms with Gasteiger partial charge in [0.15, 0.2) is 5.11 Å². The van der Waals surface area contributed by atoms with Gasteiger partial charge in [0.25, 0.3) is 0 Å². The van der Waals surface area contributed by atoms with E-state index in [2.05, 4.69) is 33.1 Å². The standard InChI is InChI=1S/C14H19BrN2S/c1-2-13-5-3-4-10-17(13)14(18)16-12-8-6-11(15)7-9-12/h6-9,13H,2-5,10H2,1H3,(H,16,18). The fraction of sp³-hybridized carbons (Fsp3) is 0.500. The quantitative estimate of drug-likeness (QED) is 0.810. The van der Waals surface area contributed by atoms with Crippen molar-refractivity contribution in [1.29, 1.82) is 0 Å². The zero-order valence-electron chi connectivity index (χ0n) is 10.7. The van der Waals surface area contributed by atoms with Crippen LogP contribution in [-0.4, -0.2) is 22.6 Å². The smallest absolute Gasteiger partial charge is 0.173 e. The molecule has 18 heavy (non-hydrogen) atoms. The Hall–Kier alpha value is -0.610. The summed E-state index contributed by atoms with van der Waals surface area (Å²) in [5.74, 6) is 0. The molecule has 2 rings (SSSR count). The summed E-state index contributed by atoms with van der Waals surface area (Å²) in [4.78, 5) is 2.35. The van der Waals surface area contributed by atoms with Crippen molar-refractivity contribution in [3.8, 4) is 0 Å². The zero-order valence-corrected chi connectivity index (χ0v) is 13.1. The molecule has 1 N–H and O–H groups in total. The molecule has 0 spiro atoms. The molecule has 1 aromatic carbocycles. The second kappa shape index (κ2) is 6.53. The van der Waals surface area contributed by atoms with Gasteiger partial charge in [-0.25, -0.2) is 0 Å². The van der Waals surface area contributed by atoms with Gasteiger partial charge in [-0.2, -0.15) is 0 Å². The molecule has 98 valence electrons. The van der Waals surface area contributed by atoms with Crippen molar-refractivity contribution in [2.45, 2.75) is 38.6 Å². The van der Waals surface area contributed by atoms with Crippen LogP contribution in [0.1, 0.15) is 32.6 Å². The van der Waals surface area contributed by atoms with Crippen molar-refractivity contribution < 1.29 is 0 Å². The van der Waals surface area contributed by atoms with Crippen molar-refractivity contribution in [3.63, 3.8) is 0 Å². The van der Waals surface area contributed by atoms with Crippen LogP contribution in [0, 0.1) is 0 Å². The van der Waals surface area contributed by atoms with Crippen LogP contribution in [0.2, 0.25) is 0 Å². The van der Waals surface area contributed by atoms with E-state index < -0.39 is 0 Å². The summed E-state index contributed by atoms with van der Waals surface area (Å²) in [6.45, 7) is 3.33. The van der Waals surface area contributed by atoms with Crippen LogP contribution in [0.25, 0.3) is 0 Å². The highest BCUT2D eigenvalue weighted by molar-refractivity contribution is 9.10. The van der Waals surface area contributed by atoms with Crippen molar-refractivity contribution >= 4 is 38.9 Å². The summed E-state index contributed by atoms with van der Waals surface area (Å²) in [7, 11) is 0. The third-order valence-corrected chi connectivity index (χ3v) is 4.32. The topological polar surface area (TPSA) is 15.3 Å². The summed E-state index contributed by atoms with van der Waals surface area (Å²) < 4.78 is 1.09. The fourth-order valence-corrected chi connectivity index (χ4v) is 3.04. The Labute approximate surface area is 123 Å². The Morgan fingerprint density at radius 1 is 1.39 bits per heavy atom. The molecule has 2 nitrogen and oxygen atoms in total. The number of hydrogen-bond donors (Lipinski definition) is 1. The first-order chi connectivity index (χ1) is 8.70. The molecule has 1 aromatic rings. The Balaban J connectivity index is 2.00. The monoisotopic (exact) mass is 326 g/mol. The van der Waals surface area contributed by atoms with Crippen LogP contribution < -0.4 is 5.32 Å². The van der Waals surface area contributed by atoms with Gasteiger partial charge in [-0.05, 0) is 62.2 Å². The van der Waals surface area contributed by atoms with E-state index in [1.54, 1.807) is 0 Å². The Morgan fingerprint density at radius 3 is 2.78 bits per heavy atom. The number of nitrogens with one attached hydrogen (secondary N) is 1. The Bertz CT molecular complexity index is 405. The fourth-order valence-electron chi connectivity index (χ4n) is 2.42. The van der Waals surface area contributed by atoms with E-state index in [1.165, 1.54) is 25.7 Å². The zero-order chi connectivity index (χ0) is 13.0. The SMILES string of the molecule is CCC1CCCCN1C(=S)Nc1ccc(Br)cc1. The molecule has 4 heteroatoms. The summed E-state index contributed by atoms with van der Waals surface area (Å²) >= 11 is 8.97. The maximum atomic E-state index is 5.54. The van der Waals surface area contributed by atoms with E-state index in [-0.39, 0.29) is 0 Å². The van der Waals surface area contributed by atoms with Gasteiger partial charge in [0.2, 0.25) is 0 Å². The third-order valence-electron chi connectivity index (χ3n) is 3.45. The number of likely N-dealkylation sites (tertiary alicyclic amines) is 1. The predicted octanol–water partition coefficient (Wildman–Crippen LogP) is 4.41. The van der Waals surface area contributed by atoms with Crippen LogP contribution in [0.5, 0.6) is 0 Å². The molecule has 1 aliphatic heterocycles. The molecule has 0 aromatic heterocycles. The van der Waals surface area contributed by atoms with Gasteiger partial charge in [0.05, 0.1) is 0 Å². The lowest BCUT2D eigenvalue weighted by Crippen LogP contribution is -2.45. The number of hydrogen-bond acceptors (Lipinski definition) is 1. The number of nitrogens with zero attached hydrogens (tertiary/aromatic N) is 1. The van der Waals surface area contributed by atoms with E-state index in [0.717, 1.165) is 21.8 Å². The number of piperidine rings is 1. The summed E-state index contributed by atoms with van der Waals surface area (Å²) in [5, 5.41) is 4.20. The van der Waals surface area contributed by atoms with E-state index >= 15 is 0 Å². The molecule has 1 atom stereocenters. The van der Waals surface area contributed by atoms with Gasteiger partial charge in [-0.3, -0.25) is 0 Å². The van der Waals surface area contributed by atoms with Crippen LogP contribution in [0.4, 0.5) is 5.69 Å². The highest BCUT2D eigenvalue weighted by Crippen LogP contribution is 2.21. The molecule has 1 unspecified atom stereocenters. The Kier molecular flexibility index (Phi) is 5.01. The number of anilines is 1. The van der Waals surface area contributed by atoms with Crippen LogP contribution >= 0.6 is 28.1 Å². The predicted molar refractivity (Wildman–Crippen MR) is 85.0 cm³/mol. The van der Waals surface area contributed by atoms with Gasteiger partial charge < -0.3 is 10.2 Å². The van der Waals surface area contributed by atoms with Gasteiger partial charge in [-0.1, -0.05) is 22.9 Å². The van der Waals surface area contributed by atoms with Crippen molar-refractivity contribution in [3.05, 3.63) is 28.7 Å². The molecule has 1 heterocycles. The maximum absolute atomic E-state index is 5.54. The molecule has 0 radical (unpaired) electrons.